The molecular weight excluding hydrogens is 230 g/mol. The minimum atomic E-state index is -0.833. The number of nitrogens with one attached hydrogen (secondary N) is 1. The van der Waals surface area contributed by atoms with Crippen LogP contribution in [0.4, 0.5) is 0 Å². The molecule has 0 bridgehead atoms. The van der Waals surface area contributed by atoms with E-state index >= 15 is 0 Å². The van der Waals surface area contributed by atoms with Gasteiger partial charge in [0.05, 0.1) is 6.17 Å². The highest BCUT2D eigenvalue weighted by Crippen LogP contribution is 1.86. The molecule has 84 valence electrons. The second kappa shape index (κ2) is 13.0. The molecule has 1 atom stereocenters. The summed E-state index contributed by atoms with van der Waals surface area (Å²) in [5.74, 6) is 5.45. The lowest BCUT2D eigenvalue weighted by Gasteiger charge is -2.28. The van der Waals surface area contributed by atoms with E-state index in [2.05, 4.69) is 5.32 Å². The van der Waals surface area contributed by atoms with Crippen LogP contribution >= 0.6 is 17.4 Å². The summed E-state index contributed by atoms with van der Waals surface area (Å²) in [6.45, 7) is 2.60. The van der Waals surface area contributed by atoms with Gasteiger partial charge in [-0.3, -0.25) is 5.84 Å². The van der Waals surface area contributed by atoms with Crippen LogP contribution in [0.2, 0.25) is 0 Å². The summed E-state index contributed by atoms with van der Waals surface area (Å²) in [7, 11) is -1.67. The molecule has 0 aliphatic carbocycles. The number of hydrogen-bond donors (Lipinski definition) is 5. The number of hydrogen-bond acceptors (Lipinski definition) is 6. The Kier molecular flexibility index (Phi) is 15.2. The van der Waals surface area contributed by atoms with Crippen molar-refractivity contribution in [3.63, 3.8) is 0 Å². The summed E-state index contributed by atoms with van der Waals surface area (Å²) in [4.78, 5) is 14.0. The molecule has 1 aliphatic heterocycles. The SMILES string of the molecule is NC1CNCCN1N.O=PO.O=PO. The summed E-state index contributed by atoms with van der Waals surface area (Å²) in [5, 5.41) is 4.77. The summed E-state index contributed by atoms with van der Waals surface area (Å²) in [5.41, 5.74) is 5.52. The molecule has 7 N–H and O–H groups in total. The van der Waals surface area contributed by atoms with Crippen LogP contribution in [0, 0.1) is 0 Å². The van der Waals surface area contributed by atoms with Crippen molar-refractivity contribution in [2.75, 3.05) is 19.6 Å². The van der Waals surface area contributed by atoms with Gasteiger partial charge in [0.1, 0.15) is 0 Å². The molecule has 0 spiro atoms. The molecule has 0 aromatic heterocycles. The Morgan fingerprint density at radius 1 is 1.36 bits per heavy atom. The lowest BCUT2D eigenvalue weighted by atomic mass is 10.4. The fourth-order valence-corrected chi connectivity index (χ4v) is 0.741. The van der Waals surface area contributed by atoms with Crippen LogP contribution in [0.15, 0.2) is 0 Å². The Morgan fingerprint density at radius 3 is 2.00 bits per heavy atom. The van der Waals surface area contributed by atoms with Gasteiger partial charge in [-0.2, -0.15) is 0 Å². The monoisotopic (exact) mass is 244 g/mol. The van der Waals surface area contributed by atoms with Crippen molar-refractivity contribution in [2.24, 2.45) is 11.6 Å². The first-order valence-corrected chi connectivity index (χ1v) is 5.08. The Hall–Kier alpha value is -0.0400. The van der Waals surface area contributed by atoms with Crippen LogP contribution in [0.3, 0.4) is 0 Å². The Labute approximate surface area is 84.8 Å². The van der Waals surface area contributed by atoms with Gasteiger partial charge in [-0.05, 0) is 0 Å². The van der Waals surface area contributed by atoms with Gasteiger partial charge < -0.3 is 20.8 Å². The van der Waals surface area contributed by atoms with E-state index in [4.69, 9.17) is 30.5 Å². The highest BCUT2D eigenvalue weighted by molar-refractivity contribution is 7.16. The van der Waals surface area contributed by atoms with Crippen molar-refractivity contribution in [1.82, 2.24) is 10.3 Å². The van der Waals surface area contributed by atoms with Crippen LogP contribution < -0.4 is 16.9 Å². The standard InChI is InChI=1S/C4H12N4.2HO2P/c5-4-3-7-1-2-8(4)6;2*1-3-2/h4,7H,1-3,5-6H2;2*(H,1,2). The third-order valence-corrected chi connectivity index (χ3v) is 1.33. The van der Waals surface area contributed by atoms with Gasteiger partial charge in [0, 0.05) is 19.6 Å². The lowest BCUT2D eigenvalue weighted by molar-refractivity contribution is 0.168. The van der Waals surface area contributed by atoms with Gasteiger partial charge >= 0.3 is 17.4 Å². The number of hydrazine groups is 1. The first kappa shape index (κ1) is 16.4. The molecule has 0 amide bonds. The molecule has 14 heavy (non-hydrogen) atoms. The molecule has 1 heterocycles. The van der Waals surface area contributed by atoms with E-state index in [1.54, 1.807) is 5.01 Å². The van der Waals surface area contributed by atoms with Gasteiger partial charge in [-0.15, -0.1) is 0 Å². The zero-order valence-corrected chi connectivity index (χ0v) is 9.19. The molecule has 0 saturated carbocycles. The lowest BCUT2D eigenvalue weighted by Crippen LogP contribution is -2.58. The normalized spacial score (nSPS) is 21.9. The van der Waals surface area contributed by atoms with Crippen molar-refractivity contribution in [1.29, 1.82) is 0 Å². The highest BCUT2D eigenvalue weighted by atomic mass is 31.1. The van der Waals surface area contributed by atoms with Crippen LogP contribution in [0.5, 0.6) is 0 Å². The molecule has 0 radical (unpaired) electrons. The fraction of sp³-hybridized carbons (Fsp3) is 1.00. The van der Waals surface area contributed by atoms with Gasteiger partial charge in [0.15, 0.2) is 0 Å². The first-order valence-electron chi connectivity index (χ1n) is 3.55. The molecule has 0 aromatic rings. The van der Waals surface area contributed by atoms with E-state index in [-0.39, 0.29) is 6.17 Å². The minimum Gasteiger partial charge on any atom is -0.314 e. The van der Waals surface area contributed by atoms with Crippen LogP contribution in [-0.2, 0) is 9.13 Å². The Morgan fingerprint density at radius 2 is 1.79 bits per heavy atom. The van der Waals surface area contributed by atoms with Gasteiger partial charge in [-0.1, -0.05) is 0 Å². The molecule has 1 rings (SSSR count). The Balaban J connectivity index is 0. The number of piperazine rings is 1. The van der Waals surface area contributed by atoms with Crippen LogP contribution in [-0.4, -0.2) is 40.6 Å². The molecule has 8 nitrogen and oxygen atoms in total. The van der Waals surface area contributed by atoms with E-state index in [1.807, 2.05) is 0 Å². The van der Waals surface area contributed by atoms with E-state index in [1.165, 1.54) is 0 Å². The topological polar surface area (TPSA) is 142 Å². The molecule has 1 aliphatic rings. The number of nitrogens with two attached hydrogens (primary N) is 2. The van der Waals surface area contributed by atoms with Gasteiger partial charge in [0.25, 0.3) is 0 Å². The average molecular weight is 244 g/mol. The summed E-state index contributed by atoms with van der Waals surface area (Å²) < 4.78 is 16.9. The van der Waals surface area contributed by atoms with E-state index < -0.39 is 17.4 Å². The zero-order chi connectivity index (χ0) is 11.4. The van der Waals surface area contributed by atoms with E-state index in [0.717, 1.165) is 19.6 Å². The molecule has 1 saturated heterocycles. The third kappa shape index (κ3) is 12.0. The largest absolute Gasteiger partial charge is 0.324 e. The van der Waals surface area contributed by atoms with Gasteiger partial charge in [-0.25, -0.2) is 14.1 Å². The Bertz CT molecular complexity index is 135. The summed E-state index contributed by atoms with van der Waals surface area (Å²) in [6, 6.07) is 0. The minimum absolute atomic E-state index is 0.00347. The predicted molar refractivity (Wildman–Crippen MR) is 51.4 cm³/mol. The third-order valence-electron chi connectivity index (χ3n) is 1.33. The van der Waals surface area contributed by atoms with E-state index in [0.29, 0.717) is 0 Å². The molecule has 10 heteroatoms. The maximum Gasteiger partial charge on any atom is 0.324 e. The molecule has 1 unspecified atom stereocenters. The second-order valence-corrected chi connectivity index (χ2v) is 2.50. The molecular formula is C4H14N4O4P2. The van der Waals surface area contributed by atoms with Crippen molar-refractivity contribution in [3.05, 3.63) is 0 Å². The number of nitrogens with zero attached hydrogens (tertiary/aromatic N) is 1. The second-order valence-electron chi connectivity index (χ2n) is 2.17. The maximum absolute atomic E-state index is 8.46. The van der Waals surface area contributed by atoms with Gasteiger partial charge in [0.2, 0.25) is 0 Å². The fourth-order valence-electron chi connectivity index (χ4n) is 0.741. The quantitative estimate of drug-likeness (QED) is 0.254. The van der Waals surface area contributed by atoms with Crippen molar-refractivity contribution in [3.8, 4) is 0 Å². The summed E-state index contributed by atoms with van der Waals surface area (Å²) >= 11 is 0. The predicted octanol–water partition coefficient (Wildman–Crippen LogP) is -1.58. The zero-order valence-electron chi connectivity index (χ0n) is 7.41. The highest BCUT2D eigenvalue weighted by Gasteiger charge is 2.12. The molecule has 0 aromatic carbocycles. The smallest absolute Gasteiger partial charge is 0.314 e. The van der Waals surface area contributed by atoms with Crippen LogP contribution in [0.1, 0.15) is 0 Å². The summed E-state index contributed by atoms with van der Waals surface area (Å²) in [6.07, 6.45) is 0.00347. The van der Waals surface area contributed by atoms with Crippen LogP contribution in [0.25, 0.3) is 0 Å². The van der Waals surface area contributed by atoms with E-state index in [9.17, 15) is 0 Å². The maximum atomic E-state index is 8.46. The average Bonchev–Trinajstić information content (AvgIpc) is 2.13. The van der Waals surface area contributed by atoms with Crippen molar-refractivity contribution >= 4 is 17.4 Å². The molecule has 1 fully saturated rings. The van der Waals surface area contributed by atoms with Crippen molar-refractivity contribution < 1.29 is 18.9 Å². The van der Waals surface area contributed by atoms with Crippen molar-refractivity contribution in [2.45, 2.75) is 6.17 Å². The first-order chi connectivity index (χ1) is 6.63. The number of rotatable bonds is 0.